The number of alkyl halides is 5. The van der Waals surface area contributed by atoms with Crippen LogP contribution in [0.2, 0.25) is 0 Å². The van der Waals surface area contributed by atoms with Crippen LogP contribution in [0.1, 0.15) is 200 Å². The molecular weight excluding hydrogens is 1160 g/mol. The van der Waals surface area contributed by atoms with Gasteiger partial charge in [0.1, 0.15) is 43.3 Å². The first-order chi connectivity index (χ1) is 43.0. The second kappa shape index (κ2) is 24.9. The number of aliphatic hydroxyl groups is 3. The van der Waals surface area contributed by atoms with Crippen LogP contribution in [0.5, 0.6) is 0 Å². The van der Waals surface area contributed by atoms with Gasteiger partial charge in [0.05, 0.1) is 18.0 Å². The maximum Gasteiger partial charge on any atom is 0.266 e. The third-order valence-corrected chi connectivity index (χ3v) is 29.0. The quantitative estimate of drug-likeness (QED) is 0.144. The molecule has 3 N–H and O–H groups in total. The molecule has 0 saturated heterocycles. The molecule has 12 aliphatic rings. The number of tetrazole rings is 1. The van der Waals surface area contributed by atoms with Crippen LogP contribution in [0.4, 0.5) is 22.0 Å². The summed E-state index contributed by atoms with van der Waals surface area (Å²) in [5.74, 6) is 9.76. The fourth-order valence-electron chi connectivity index (χ4n) is 24.7. The van der Waals surface area contributed by atoms with Crippen LogP contribution in [0.15, 0.2) is 24.8 Å². The number of aryl methyl sites for hydroxylation is 1. The van der Waals surface area contributed by atoms with Crippen molar-refractivity contribution in [3.63, 3.8) is 0 Å². The van der Waals surface area contributed by atoms with E-state index < -0.39 is 36.3 Å². The number of carbonyl (C=O) groups is 3. The van der Waals surface area contributed by atoms with E-state index in [0.717, 1.165) is 122 Å². The van der Waals surface area contributed by atoms with Crippen molar-refractivity contribution in [1.82, 2.24) is 50.2 Å². The molecule has 12 aliphatic carbocycles. The number of carbonyl (C=O) groups excluding carboxylic acids is 3. The van der Waals surface area contributed by atoms with Crippen molar-refractivity contribution in [2.75, 3.05) is 6.67 Å². The smallest absolute Gasteiger partial charge is 0.266 e. The van der Waals surface area contributed by atoms with E-state index in [-0.39, 0.29) is 89.6 Å². The summed E-state index contributed by atoms with van der Waals surface area (Å²) in [6, 6.07) is 0. The Bertz CT molecular complexity index is 3010. The molecule has 0 unspecified atom stereocenters. The number of fused-ring (bicyclic) bond motifs is 15. The van der Waals surface area contributed by atoms with Gasteiger partial charge in [-0.15, -0.1) is 15.3 Å². The van der Waals surface area contributed by atoms with Crippen molar-refractivity contribution in [3.8, 4) is 0 Å². The zero-order valence-corrected chi connectivity index (χ0v) is 53.7. The average Bonchev–Trinajstić information content (AvgIpc) is 1.61. The Morgan fingerprint density at radius 3 is 1.21 bits per heavy atom. The van der Waals surface area contributed by atoms with E-state index in [1.807, 2.05) is 6.92 Å². The zero-order chi connectivity index (χ0) is 63.3. The molecule has 12 saturated carbocycles. The maximum absolute atomic E-state index is 13.4. The van der Waals surface area contributed by atoms with Crippen molar-refractivity contribution >= 4 is 17.3 Å². The minimum Gasteiger partial charge on any atom is -0.387 e. The Labute approximate surface area is 527 Å². The maximum atomic E-state index is 13.4. The molecule has 0 spiro atoms. The summed E-state index contributed by atoms with van der Waals surface area (Å²) in [5.41, 5.74) is -4.45. The molecule has 0 aliphatic heterocycles. The first-order valence-electron chi connectivity index (χ1n) is 35.3. The van der Waals surface area contributed by atoms with Gasteiger partial charge in [-0.05, 0) is 296 Å². The highest BCUT2D eigenvalue weighted by molar-refractivity contribution is 5.83. The topological polar surface area (TPSA) is 217 Å². The summed E-state index contributed by atoms with van der Waals surface area (Å²) in [6.45, 7) is 9.13. The second-order valence-electron chi connectivity index (χ2n) is 32.7. The lowest BCUT2D eigenvalue weighted by Crippen LogP contribution is -2.53. The zero-order valence-electron chi connectivity index (χ0n) is 53.7. The summed E-state index contributed by atoms with van der Waals surface area (Å²) in [7, 11) is 0. The molecule has 0 amide bonds. The highest BCUT2D eigenvalue weighted by Crippen LogP contribution is 2.68. The van der Waals surface area contributed by atoms with E-state index in [4.69, 9.17) is 0 Å². The Hall–Kier alpha value is -4.11. The summed E-state index contributed by atoms with van der Waals surface area (Å²) < 4.78 is 71.8. The molecule has 3 aromatic heterocycles. The van der Waals surface area contributed by atoms with Gasteiger partial charge in [0.15, 0.2) is 17.3 Å². The van der Waals surface area contributed by atoms with Gasteiger partial charge in [-0.1, -0.05) is 31.2 Å². The monoisotopic (exact) mass is 1260 g/mol. The van der Waals surface area contributed by atoms with Crippen LogP contribution in [-0.4, -0.2) is 119 Å². The van der Waals surface area contributed by atoms with E-state index in [1.165, 1.54) is 12.8 Å². The molecule has 0 radical (unpaired) electrons. The highest BCUT2D eigenvalue weighted by atomic mass is 19.3. The Morgan fingerprint density at radius 2 is 0.856 bits per heavy atom. The van der Waals surface area contributed by atoms with E-state index in [2.05, 4.69) is 56.9 Å². The van der Waals surface area contributed by atoms with Crippen LogP contribution >= 0.6 is 0 Å². The lowest BCUT2D eigenvalue weighted by molar-refractivity contribution is -0.160. The van der Waals surface area contributed by atoms with E-state index in [0.29, 0.717) is 114 Å². The van der Waals surface area contributed by atoms with Gasteiger partial charge >= 0.3 is 0 Å². The van der Waals surface area contributed by atoms with Crippen molar-refractivity contribution in [1.29, 1.82) is 0 Å². The van der Waals surface area contributed by atoms with Crippen molar-refractivity contribution in [3.05, 3.63) is 30.6 Å². The number of halogens is 5. The van der Waals surface area contributed by atoms with Gasteiger partial charge in [-0.2, -0.15) is 0 Å². The second-order valence-corrected chi connectivity index (χ2v) is 32.7. The van der Waals surface area contributed by atoms with Gasteiger partial charge in [-0.3, -0.25) is 14.4 Å². The van der Waals surface area contributed by atoms with Crippen LogP contribution < -0.4 is 0 Å². The minimum atomic E-state index is -2.65. The third kappa shape index (κ3) is 11.5. The molecule has 21 heteroatoms. The van der Waals surface area contributed by atoms with E-state index in [1.54, 1.807) is 38.8 Å². The molecule has 90 heavy (non-hydrogen) atoms. The van der Waals surface area contributed by atoms with Gasteiger partial charge < -0.3 is 15.3 Å². The van der Waals surface area contributed by atoms with Gasteiger partial charge in [-0.25, -0.2) is 36.0 Å². The summed E-state index contributed by atoms with van der Waals surface area (Å²) in [5, 5.41) is 58.3. The number of ketones is 3. The van der Waals surface area contributed by atoms with Crippen molar-refractivity contribution < 1.29 is 51.7 Å². The molecule has 3 aromatic rings. The predicted octanol–water partition coefficient (Wildman–Crippen LogP) is 11.7. The standard InChI is InChI=1S/C23H34F2N4O2.C23H33F2N3O2.C23H34FN3O2/c1-13-26-27-28-29(13)12-20(30)19-6-5-18-17-4-3-14-11-23(31,21(24)25)10-8-15(14)16(17)7-9-22(18,19)2;1-22-8-6-16-15-7-9-23(30,21(24)25)12-14(15)2-3-17(16)18(22)4-5-19(22)20(29)13-28-11-10-26-27-28;1-22-8-6-17-16-7-9-23(29,14-24)12-15(16)2-3-18(17)19(22)4-5-20(22)21(28)13-27-11-10-25-26-27/h14-19,21,31H,3-12H2,1-2H3;10-11,14-19,21,30H,2-9,12-13H2,1H3;10-11,15-20,29H,2-9,12-14H2,1H3/t2*14-,15+,16-,17-,18+,19-,22+,23-;15-,16+,17-,18-,19+,20-,22+,23-/m111/s1. The SMILES string of the molecule is C[C@]12CC[C@H]3[C@@H](CC[C@@H]4C[C@@](O)(C(F)F)CC[C@@H]43)[C@@H]1CC[C@@H]2C(=O)Cn1ccnn1.C[C@]12CC[C@H]3[C@@H](CC[C@@H]4C[C@@](O)(CF)CC[C@@H]43)[C@@H]1CC[C@@H]2C(=O)Cn1ccnn1.Cc1nnnn1CC(=O)[C@H]1CC[C@H]2[C@@H]3CC[C@@H]4C[C@@](O)(C(F)F)CC[C@@H]4[C@H]3CC[C@]12C. The minimum absolute atomic E-state index is 0.0192. The van der Waals surface area contributed by atoms with Crippen LogP contribution in [0.3, 0.4) is 0 Å². The summed E-state index contributed by atoms with van der Waals surface area (Å²) in [4.78, 5) is 39.5. The Kier molecular flexibility index (Phi) is 17.9. The summed E-state index contributed by atoms with van der Waals surface area (Å²) >= 11 is 0. The lowest BCUT2D eigenvalue weighted by Gasteiger charge is -2.57. The van der Waals surface area contributed by atoms with E-state index >= 15 is 0 Å². The first kappa shape index (κ1) is 64.6. The molecule has 498 valence electrons. The van der Waals surface area contributed by atoms with Crippen LogP contribution in [0.25, 0.3) is 0 Å². The number of nitrogens with zero attached hydrogens (tertiary/aromatic N) is 10. The van der Waals surface area contributed by atoms with Crippen LogP contribution in [0, 0.1) is 130 Å². The molecule has 0 aromatic carbocycles. The molecule has 3 heterocycles. The molecule has 24 atom stereocenters. The van der Waals surface area contributed by atoms with Crippen molar-refractivity contribution in [2.45, 2.75) is 250 Å². The molecule has 12 fully saturated rings. The third-order valence-electron chi connectivity index (χ3n) is 29.0. The Balaban J connectivity index is 0.000000124. The number of hydrogen-bond donors (Lipinski definition) is 3. The van der Waals surface area contributed by atoms with Gasteiger partial charge in [0.25, 0.3) is 12.9 Å². The highest BCUT2D eigenvalue weighted by Gasteiger charge is 2.63. The number of aromatic nitrogens is 10. The molecular formula is C69H101F5N10O6. The molecule has 0 bridgehead atoms. The van der Waals surface area contributed by atoms with E-state index in [9.17, 15) is 51.7 Å². The largest absolute Gasteiger partial charge is 0.387 e. The fourth-order valence-corrected chi connectivity index (χ4v) is 24.7. The lowest BCUT2D eigenvalue weighted by atomic mass is 9.49. The van der Waals surface area contributed by atoms with Crippen LogP contribution in [-0.2, 0) is 34.0 Å². The van der Waals surface area contributed by atoms with Gasteiger partial charge in [0, 0.05) is 30.1 Å². The Morgan fingerprint density at radius 1 is 0.478 bits per heavy atom. The number of hydrogen-bond acceptors (Lipinski definition) is 13. The summed E-state index contributed by atoms with van der Waals surface area (Å²) in [6.07, 6.45) is 25.3. The predicted molar refractivity (Wildman–Crippen MR) is 322 cm³/mol. The number of Topliss-reactive ketones (excluding diaryl/α,β-unsaturated/α-hetero) is 3. The fraction of sp³-hybridized carbons (Fsp3) is 0.884. The average molecular weight is 1260 g/mol. The van der Waals surface area contributed by atoms with Gasteiger partial charge in [0.2, 0.25) is 0 Å². The molecule has 15 rings (SSSR count). The first-order valence-corrected chi connectivity index (χ1v) is 35.3. The number of rotatable bonds is 12. The van der Waals surface area contributed by atoms with Crippen molar-refractivity contribution in [2.24, 2.45) is 123 Å². The molecule has 16 nitrogen and oxygen atoms in total. The normalized spacial score (nSPS) is 45.6.